The topological polar surface area (TPSA) is 204 Å². The number of nitrogens with two attached hydrogens (primary N) is 1. The maximum Gasteiger partial charge on any atom is 0.326 e. The minimum Gasteiger partial charge on any atom is -0.481 e. The van der Waals surface area contributed by atoms with E-state index < -0.39 is 60.2 Å². The number of benzene rings is 1. The molecule has 0 aliphatic rings. The molecule has 1 heterocycles. The number of carboxylic acid groups (broad SMARTS) is 2. The molecule has 0 radical (unpaired) electrons. The van der Waals surface area contributed by atoms with Crippen LogP contribution in [-0.4, -0.2) is 69.0 Å². The quantitative estimate of drug-likeness (QED) is 0.160. The molecule has 1 aromatic heterocycles. The van der Waals surface area contributed by atoms with E-state index in [4.69, 9.17) is 10.8 Å². The molecular formula is C28H41N5O7. The predicted octanol–water partition coefficient (Wildman–Crippen LogP) is 1.53. The van der Waals surface area contributed by atoms with Gasteiger partial charge in [0, 0.05) is 29.9 Å². The van der Waals surface area contributed by atoms with Gasteiger partial charge in [-0.3, -0.25) is 19.2 Å². The summed E-state index contributed by atoms with van der Waals surface area (Å²) in [7, 11) is 0. The number of carbonyl (C=O) groups is 5. The highest BCUT2D eigenvalue weighted by Crippen LogP contribution is 2.20. The Bertz CT molecular complexity index is 1190. The molecule has 40 heavy (non-hydrogen) atoms. The summed E-state index contributed by atoms with van der Waals surface area (Å²) < 4.78 is 0. The normalized spacial score (nSPS) is 15.1. The standard InChI is InChI=1S/C28H41N5O7/c1-5-16(4)24(29)27(38)33-21(12-15(2)3)25(36)32-22(13-17-14-30-19-9-7-6-8-18(17)19)26(37)31-20(28(39)40)10-11-23(34)35/h6-9,14-16,20-22,24,30H,5,10-13,29H2,1-4H3,(H,31,37)(H,32,36)(H,33,38)(H,34,35)(H,39,40). The van der Waals surface area contributed by atoms with E-state index in [0.29, 0.717) is 12.0 Å². The van der Waals surface area contributed by atoms with E-state index in [1.165, 1.54) is 0 Å². The molecule has 5 atom stereocenters. The number of aromatic nitrogens is 1. The van der Waals surface area contributed by atoms with Crippen molar-refractivity contribution in [2.75, 3.05) is 0 Å². The minimum atomic E-state index is -1.47. The van der Waals surface area contributed by atoms with Crippen molar-refractivity contribution in [1.82, 2.24) is 20.9 Å². The van der Waals surface area contributed by atoms with Crippen LogP contribution in [0.25, 0.3) is 10.9 Å². The number of para-hydroxylation sites is 1. The van der Waals surface area contributed by atoms with Crippen LogP contribution in [0.15, 0.2) is 30.5 Å². The molecule has 2 rings (SSSR count). The van der Waals surface area contributed by atoms with Gasteiger partial charge in [0.25, 0.3) is 0 Å². The van der Waals surface area contributed by atoms with Gasteiger partial charge in [0.2, 0.25) is 17.7 Å². The number of nitrogens with one attached hydrogen (secondary N) is 4. The van der Waals surface area contributed by atoms with Gasteiger partial charge in [-0.15, -0.1) is 0 Å². The molecule has 0 saturated carbocycles. The zero-order chi connectivity index (χ0) is 30.0. The van der Waals surface area contributed by atoms with Crippen LogP contribution >= 0.6 is 0 Å². The third-order valence-electron chi connectivity index (χ3n) is 6.89. The second-order valence-electron chi connectivity index (χ2n) is 10.6. The van der Waals surface area contributed by atoms with Crippen LogP contribution in [0.2, 0.25) is 0 Å². The zero-order valence-corrected chi connectivity index (χ0v) is 23.4. The van der Waals surface area contributed by atoms with Crippen molar-refractivity contribution < 1.29 is 34.2 Å². The van der Waals surface area contributed by atoms with Crippen LogP contribution in [0.4, 0.5) is 0 Å². The molecule has 12 nitrogen and oxygen atoms in total. The maximum absolute atomic E-state index is 13.5. The first-order valence-electron chi connectivity index (χ1n) is 13.5. The van der Waals surface area contributed by atoms with Crippen molar-refractivity contribution >= 4 is 40.6 Å². The van der Waals surface area contributed by atoms with Gasteiger partial charge in [-0.1, -0.05) is 52.3 Å². The molecule has 1 aromatic carbocycles. The molecule has 0 saturated heterocycles. The van der Waals surface area contributed by atoms with Crippen molar-refractivity contribution in [1.29, 1.82) is 0 Å². The fraction of sp³-hybridized carbons (Fsp3) is 0.536. The van der Waals surface area contributed by atoms with E-state index in [9.17, 15) is 29.1 Å². The Hall–Kier alpha value is -3.93. The Labute approximate surface area is 233 Å². The molecule has 0 aliphatic carbocycles. The smallest absolute Gasteiger partial charge is 0.326 e. The summed E-state index contributed by atoms with van der Waals surface area (Å²) in [6, 6.07) is 2.90. The van der Waals surface area contributed by atoms with E-state index in [1.54, 1.807) is 6.20 Å². The van der Waals surface area contributed by atoms with Crippen molar-refractivity contribution in [2.45, 2.75) is 84.0 Å². The minimum absolute atomic E-state index is 0.0155. The van der Waals surface area contributed by atoms with E-state index in [0.717, 1.165) is 10.9 Å². The molecule has 0 bridgehead atoms. The number of H-pyrrole nitrogens is 1. The Morgan fingerprint density at radius 3 is 2.10 bits per heavy atom. The molecule has 220 valence electrons. The first-order chi connectivity index (χ1) is 18.8. The van der Waals surface area contributed by atoms with Crippen molar-refractivity contribution in [3.63, 3.8) is 0 Å². The lowest BCUT2D eigenvalue weighted by Gasteiger charge is -2.27. The van der Waals surface area contributed by atoms with Crippen LogP contribution in [0.3, 0.4) is 0 Å². The number of carbonyl (C=O) groups excluding carboxylic acids is 3. The SMILES string of the molecule is CCC(C)C(N)C(=O)NC(CC(C)C)C(=O)NC(Cc1c[nH]c2ccccc12)C(=O)NC(CCC(=O)O)C(=O)O. The number of hydrogen-bond donors (Lipinski definition) is 7. The summed E-state index contributed by atoms with van der Waals surface area (Å²) in [4.78, 5) is 65.4. The van der Waals surface area contributed by atoms with Gasteiger partial charge >= 0.3 is 11.9 Å². The van der Waals surface area contributed by atoms with Gasteiger partial charge in [-0.25, -0.2) is 4.79 Å². The van der Waals surface area contributed by atoms with Gasteiger partial charge in [0.1, 0.15) is 18.1 Å². The zero-order valence-electron chi connectivity index (χ0n) is 23.4. The molecule has 0 fully saturated rings. The number of hydrogen-bond acceptors (Lipinski definition) is 6. The summed E-state index contributed by atoms with van der Waals surface area (Å²) in [5, 5.41) is 27.1. The van der Waals surface area contributed by atoms with Gasteiger partial charge in [0.15, 0.2) is 0 Å². The van der Waals surface area contributed by atoms with E-state index in [-0.39, 0.29) is 31.1 Å². The van der Waals surface area contributed by atoms with Crippen LogP contribution in [-0.2, 0) is 30.4 Å². The second kappa shape index (κ2) is 15.0. The number of aromatic amines is 1. The largest absolute Gasteiger partial charge is 0.481 e. The lowest BCUT2D eigenvalue weighted by atomic mass is 9.97. The summed E-state index contributed by atoms with van der Waals surface area (Å²) >= 11 is 0. The van der Waals surface area contributed by atoms with Crippen molar-refractivity contribution in [3.8, 4) is 0 Å². The van der Waals surface area contributed by atoms with E-state index in [1.807, 2.05) is 52.0 Å². The molecule has 5 unspecified atom stereocenters. The monoisotopic (exact) mass is 559 g/mol. The van der Waals surface area contributed by atoms with Crippen LogP contribution in [0.1, 0.15) is 58.9 Å². The third kappa shape index (κ3) is 9.37. The second-order valence-corrected chi connectivity index (χ2v) is 10.6. The summed E-state index contributed by atoms with van der Waals surface area (Å²) in [5.74, 6) is -4.57. The average molecular weight is 560 g/mol. The Morgan fingerprint density at radius 1 is 0.900 bits per heavy atom. The van der Waals surface area contributed by atoms with Crippen molar-refractivity contribution in [3.05, 3.63) is 36.0 Å². The van der Waals surface area contributed by atoms with E-state index >= 15 is 0 Å². The van der Waals surface area contributed by atoms with Gasteiger partial charge in [-0.05, 0) is 36.3 Å². The fourth-order valence-electron chi connectivity index (χ4n) is 4.28. The van der Waals surface area contributed by atoms with E-state index in [2.05, 4.69) is 20.9 Å². The number of carboxylic acids is 2. The number of rotatable bonds is 16. The predicted molar refractivity (Wildman–Crippen MR) is 149 cm³/mol. The number of aliphatic carboxylic acids is 2. The van der Waals surface area contributed by atoms with Crippen molar-refractivity contribution in [2.24, 2.45) is 17.6 Å². The molecule has 0 spiro atoms. The van der Waals surface area contributed by atoms with Gasteiger partial charge < -0.3 is 36.9 Å². The first-order valence-corrected chi connectivity index (χ1v) is 13.5. The summed E-state index contributed by atoms with van der Waals surface area (Å²) in [5.41, 5.74) is 7.59. The summed E-state index contributed by atoms with van der Waals surface area (Å²) in [6.07, 6.45) is 1.88. The summed E-state index contributed by atoms with van der Waals surface area (Å²) in [6.45, 7) is 7.52. The van der Waals surface area contributed by atoms with Gasteiger partial charge in [-0.2, -0.15) is 0 Å². The Kier molecular flexibility index (Phi) is 12.1. The molecule has 12 heteroatoms. The number of amides is 3. The van der Waals surface area contributed by atoms with Gasteiger partial charge in [0.05, 0.1) is 6.04 Å². The third-order valence-corrected chi connectivity index (χ3v) is 6.89. The Morgan fingerprint density at radius 2 is 1.50 bits per heavy atom. The molecule has 3 amide bonds. The molecule has 0 aliphatic heterocycles. The highest BCUT2D eigenvalue weighted by Gasteiger charge is 2.32. The first kappa shape index (κ1) is 32.3. The number of fused-ring (bicyclic) bond motifs is 1. The molecule has 8 N–H and O–H groups in total. The lowest BCUT2D eigenvalue weighted by Crippen LogP contribution is -2.58. The fourth-order valence-corrected chi connectivity index (χ4v) is 4.28. The van der Waals surface area contributed by atoms with Crippen LogP contribution < -0.4 is 21.7 Å². The van der Waals surface area contributed by atoms with Crippen LogP contribution in [0.5, 0.6) is 0 Å². The lowest BCUT2D eigenvalue weighted by molar-refractivity contribution is -0.143. The molecular weight excluding hydrogens is 518 g/mol. The highest BCUT2D eigenvalue weighted by atomic mass is 16.4. The maximum atomic E-state index is 13.5. The average Bonchev–Trinajstić information content (AvgIpc) is 3.31. The highest BCUT2D eigenvalue weighted by molar-refractivity contribution is 5.95. The Balaban J connectivity index is 2.33. The molecule has 2 aromatic rings. The van der Waals surface area contributed by atoms with Crippen LogP contribution in [0, 0.1) is 11.8 Å².